The van der Waals surface area contributed by atoms with E-state index >= 15 is 0 Å². The molecule has 0 unspecified atom stereocenters. The van der Waals surface area contributed by atoms with Gasteiger partial charge in [-0.15, -0.1) is 5.10 Å². The summed E-state index contributed by atoms with van der Waals surface area (Å²) >= 11 is 1.10. The number of carbonyl (C=O) groups is 1. The molecular formula is C16H16N4O2S. The number of rotatable bonds is 6. The van der Waals surface area contributed by atoms with E-state index in [1.807, 2.05) is 24.4 Å². The molecule has 0 radical (unpaired) electrons. The molecule has 0 aliphatic carbocycles. The highest BCUT2D eigenvalue weighted by Gasteiger charge is 2.16. The Morgan fingerprint density at radius 1 is 1.26 bits per heavy atom. The molecule has 0 atom stereocenters. The number of aryl methyl sites for hydroxylation is 3. The lowest BCUT2D eigenvalue weighted by Gasteiger charge is -1.98. The van der Waals surface area contributed by atoms with Crippen LogP contribution >= 0.6 is 11.3 Å². The third kappa shape index (κ3) is 3.62. The maximum atomic E-state index is 11.1. The zero-order valence-electron chi connectivity index (χ0n) is 12.6. The quantitative estimate of drug-likeness (QED) is 0.752. The van der Waals surface area contributed by atoms with Crippen LogP contribution in [0.2, 0.25) is 0 Å². The Bertz CT molecular complexity index is 811. The Balaban J connectivity index is 1.64. The van der Waals surface area contributed by atoms with Crippen molar-refractivity contribution in [1.82, 2.24) is 20.0 Å². The Kier molecular flexibility index (Phi) is 4.47. The number of carboxylic acid groups (broad SMARTS) is 1. The van der Waals surface area contributed by atoms with Crippen molar-refractivity contribution in [2.45, 2.75) is 26.2 Å². The van der Waals surface area contributed by atoms with Crippen LogP contribution in [0.5, 0.6) is 0 Å². The summed E-state index contributed by atoms with van der Waals surface area (Å²) < 4.78 is 1.54. The van der Waals surface area contributed by atoms with Crippen molar-refractivity contribution < 1.29 is 9.90 Å². The molecule has 0 amide bonds. The monoisotopic (exact) mass is 328 g/mol. The van der Waals surface area contributed by atoms with Gasteiger partial charge in [0, 0.05) is 0 Å². The van der Waals surface area contributed by atoms with Crippen molar-refractivity contribution in [1.29, 1.82) is 0 Å². The molecule has 0 aliphatic rings. The van der Waals surface area contributed by atoms with Crippen LogP contribution in [0.25, 0.3) is 5.13 Å². The van der Waals surface area contributed by atoms with Gasteiger partial charge in [-0.05, 0) is 31.7 Å². The maximum Gasteiger partial charge on any atom is 0.347 e. The molecule has 1 N–H and O–H groups in total. The summed E-state index contributed by atoms with van der Waals surface area (Å²) in [6, 6.07) is 10.3. The van der Waals surface area contributed by atoms with Crippen molar-refractivity contribution in [2.24, 2.45) is 0 Å². The number of benzene rings is 1. The summed E-state index contributed by atoms with van der Waals surface area (Å²) in [7, 11) is 0. The SMILES string of the molecule is Cc1nc(-n2cc(CCCc3ccccc3)nn2)sc1C(=O)O. The molecule has 7 heteroatoms. The highest BCUT2D eigenvalue weighted by molar-refractivity contribution is 7.16. The summed E-state index contributed by atoms with van der Waals surface area (Å²) in [5.41, 5.74) is 2.69. The van der Waals surface area contributed by atoms with Crippen molar-refractivity contribution in [3.8, 4) is 5.13 Å². The molecule has 2 heterocycles. The van der Waals surface area contributed by atoms with Gasteiger partial charge in [0.15, 0.2) is 0 Å². The van der Waals surface area contributed by atoms with Crippen LogP contribution in [0.15, 0.2) is 36.5 Å². The lowest BCUT2D eigenvalue weighted by molar-refractivity contribution is 0.0701. The summed E-state index contributed by atoms with van der Waals surface area (Å²) in [6.45, 7) is 1.68. The molecule has 0 spiro atoms. The molecule has 0 saturated heterocycles. The van der Waals surface area contributed by atoms with Gasteiger partial charge in [0.1, 0.15) is 4.88 Å². The Hall–Kier alpha value is -2.54. The van der Waals surface area contributed by atoms with Crippen LogP contribution in [-0.4, -0.2) is 31.1 Å². The van der Waals surface area contributed by atoms with Crippen LogP contribution in [-0.2, 0) is 12.8 Å². The molecule has 0 aliphatic heterocycles. The van der Waals surface area contributed by atoms with E-state index in [0.29, 0.717) is 10.8 Å². The lowest BCUT2D eigenvalue weighted by Crippen LogP contribution is -1.94. The molecule has 0 saturated carbocycles. The van der Waals surface area contributed by atoms with E-state index in [-0.39, 0.29) is 4.88 Å². The minimum absolute atomic E-state index is 0.237. The molecule has 0 fully saturated rings. The van der Waals surface area contributed by atoms with Crippen LogP contribution in [0.1, 0.15) is 33.0 Å². The van der Waals surface area contributed by atoms with Gasteiger partial charge < -0.3 is 5.11 Å². The zero-order chi connectivity index (χ0) is 16.2. The van der Waals surface area contributed by atoms with Crippen molar-refractivity contribution in [3.05, 3.63) is 58.4 Å². The van der Waals surface area contributed by atoms with E-state index < -0.39 is 5.97 Å². The van der Waals surface area contributed by atoms with Crippen LogP contribution in [0.3, 0.4) is 0 Å². The number of carboxylic acids is 1. The largest absolute Gasteiger partial charge is 0.477 e. The molecule has 3 aromatic rings. The number of thiazole rings is 1. The van der Waals surface area contributed by atoms with Crippen molar-refractivity contribution in [3.63, 3.8) is 0 Å². The molecule has 0 bridgehead atoms. The highest BCUT2D eigenvalue weighted by Crippen LogP contribution is 2.21. The second-order valence-corrected chi connectivity index (χ2v) is 6.19. The molecule has 1 aromatic carbocycles. The molecule has 6 nitrogen and oxygen atoms in total. The Morgan fingerprint density at radius 3 is 2.74 bits per heavy atom. The maximum absolute atomic E-state index is 11.1. The van der Waals surface area contributed by atoms with Crippen molar-refractivity contribution in [2.75, 3.05) is 0 Å². The number of hydrogen-bond donors (Lipinski definition) is 1. The predicted octanol–water partition coefficient (Wildman–Crippen LogP) is 2.91. The summed E-state index contributed by atoms with van der Waals surface area (Å²) in [5.74, 6) is -0.963. The fourth-order valence-electron chi connectivity index (χ4n) is 2.30. The van der Waals surface area contributed by atoms with E-state index in [2.05, 4.69) is 27.4 Å². The van der Waals surface area contributed by atoms with Crippen molar-refractivity contribution >= 4 is 17.3 Å². The summed E-state index contributed by atoms with van der Waals surface area (Å²) in [4.78, 5) is 15.6. The fourth-order valence-corrected chi connectivity index (χ4v) is 3.13. The fraction of sp³-hybridized carbons (Fsp3) is 0.250. The highest BCUT2D eigenvalue weighted by atomic mass is 32.1. The van der Waals surface area contributed by atoms with E-state index in [4.69, 9.17) is 5.11 Å². The van der Waals surface area contributed by atoms with Gasteiger partial charge in [-0.1, -0.05) is 46.9 Å². The molecule has 2 aromatic heterocycles. The van der Waals surface area contributed by atoms with Gasteiger partial charge in [-0.2, -0.15) is 4.68 Å². The van der Waals surface area contributed by atoms with Gasteiger partial charge in [0.2, 0.25) is 5.13 Å². The van der Waals surface area contributed by atoms with E-state index in [9.17, 15) is 4.79 Å². The lowest BCUT2D eigenvalue weighted by atomic mass is 10.1. The zero-order valence-corrected chi connectivity index (χ0v) is 13.5. The topological polar surface area (TPSA) is 80.9 Å². The number of hydrogen-bond acceptors (Lipinski definition) is 5. The third-order valence-electron chi connectivity index (χ3n) is 3.46. The molecule has 118 valence electrons. The predicted molar refractivity (Wildman–Crippen MR) is 87.2 cm³/mol. The first-order valence-corrected chi connectivity index (χ1v) is 8.11. The van der Waals surface area contributed by atoms with Crippen LogP contribution < -0.4 is 0 Å². The van der Waals surface area contributed by atoms with Gasteiger partial charge in [0.05, 0.1) is 17.6 Å². The minimum Gasteiger partial charge on any atom is -0.477 e. The Labute approximate surface area is 137 Å². The number of aromatic carboxylic acids is 1. The smallest absolute Gasteiger partial charge is 0.347 e. The molecule has 23 heavy (non-hydrogen) atoms. The normalized spacial score (nSPS) is 10.8. The summed E-state index contributed by atoms with van der Waals surface area (Å²) in [6.07, 6.45) is 4.62. The molecular weight excluding hydrogens is 312 g/mol. The summed E-state index contributed by atoms with van der Waals surface area (Å²) in [5, 5.41) is 17.8. The first-order valence-electron chi connectivity index (χ1n) is 7.30. The number of nitrogens with zero attached hydrogens (tertiary/aromatic N) is 4. The third-order valence-corrected chi connectivity index (χ3v) is 4.59. The van der Waals surface area contributed by atoms with E-state index in [0.717, 1.165) is 36.3 Å². The second kappa shape index (κ2) is 6.70. The van der Waals surface area contributed by atoms with Gasteiger partial charge in [-0.25, -0.2) is 9.78 Å². The first-order chi connectivity index (χ1) is 11.1. The number of aromatic nitrogens is 4. The van der Waals surface area contributed by atoms with Gasteiger partial charge >= 0.3 is 5.97 Å². The average Bonchev–Trinajstić information content (AvgIpc) is 3.15. The second-order valence-electron chi connectivity index (χ2n) is 5.21. The van der Waals surface area contributed by atoms with Crippen LogP contribution in [0, 0.1) is 6.92 Å². The van der Waals surface area contributed by atoms with Gasteiger partial charge in [-0.3, -0.25) is 0 Å². The van der Waals surface area contributed by atoms with E-state index in [1.165, 1.54) is 5.56 Å². The standard InChI is InChI=1S/C16H16N4O2S/c1-11-14(15(21)22)23-16(17-11)20-10-13(18-19-20)9-5-8-12-6-3-2-4-7-12/h2-4,6-7,10H,5,8-9H2,1H3,(H,21,22). The van der Waals surface area contributed by atoms with Crippen LogP contribution in [0.4, 0.5) is 0 Å². The minimum atomic E-state index is -0.963. The van der Waals surface area contributed by atoms with Gasteiger partial charge in [0.25, 0.3) is 0 Å². The Morgan fingerprint density at radius 2 is 2.04 bits per heavy atom. The molecule has 3 rings (SSSR count). The average molecular weight is 328 g/mol. The first kappa shape index (κ1) is 15.4. The van der Waals surface area contributed by atoms with E-state index in [1.54, 1.807) is 11.6 Å².